The number of hydrogen-bond acceptors (Lipinski definition) is 3. The van der Waals surface area contributed by atoms with Crippen molar-refractivity contribution in [2.45, 2.75) is 11.8 Å². The van der Waals surface area contributed by atoms with E-state index in [-0.39, 0.29) is 21.8 Å². The first kappa shape index (κ1) is 15.2. The number of sulfonamides is 1. The van der Waals surface area contributed by atoms with Crippen LogP contribution in [0.5, 0.6) is 0 Å². The molecule has 0 aliphatic carbocycles. The van der Waals surface area contributed by atoms with Gasteiger partial charge in [0.1, 0.15) is 11.6 Å². The van der Waals surface area contributed by atoms with Crippen LogP contribution in [-0.2, 0) is 10.0 Å². The number of nitrogens with two attached hydrogens (primary N) is 1. The molecule has 0 saturated heterocycles. The Bertz CT molecular complexity index is 768. The fraction of sp³-hybridized carbons (Fsp3) is 0.143. The van der Waals surface area contributed by atoms with E-state index < -0.39 is 21.7 Å². The highest BCUT2D eigenvalue weighted by atomic mass is 32.2. The van der Waals surface area contributed by atoms with Crippen molar-refractivity contribution in [1.29, 1.82) is 0 Å². The van der Waals surface area contributed by atoms with Gasteiger partial charge in [0.2, 0.25) is 0 Å². The standard InChI is InChI=1S/C14H14F2N2O2S/c1-9-13(16)7-12(8-14(9)17)21(19,20)18(2)11-5-3-4-10(15)6-11/h3-8H,17H2,1-2H3. The molecule has 0 bridgehead atoms. The zero-order valence-corrected chi connectivity index (χ0v) is 12.3. The molecule has 0 aliphatic rings. The maximum Gasteiger partial charge on any atom is 0.264 e. The minimum absolute atomic E-state index is 0.0428. The van der Waals surface area contributed by atoms with Gasteiger partial charge in [-0.15, -0.1) is 0 Å². The van der Waals surface area contributed by atoms with Crippen molar-refractivity contribution in [3.05, 3.63) is 53.6 Å². The molecule has 0 heterocycles. The van der Waals surface area contributed by atoms with Crippen molar-refractivity contribution in [1.82, 2.24) is 0 Å². The van der Waals surface area contributed by atoms with Crippen molar-refractivity contribution in [2.75, 3.05) is 17.1 Å². The summed E-state index contributed by atoms with van der Waals surface area (Å²) >= 11 is 0. The van der Waals surface area contributed by atoms with Crippen molar-refractivity contribution in [3.63, 3.8) is 0 Å². The zero-order valence-electron chi connectivity index (χ0n) is 11.5. The maximum atomic E-state index is 13.7. The lowest BCUT2D eigenvalue weighted by atomic mass is 10.2. The fourth-order valence-corrected chi connectivity index (χ4v) is 3.03. The summed E-state index contributed by atoms with van der Waals surface area (Å²) < 4.78 is 52.6. The number of benzene rings is 2. The highest BCUT2D eigenvalue weighted by Gasteiger charge is 2.23. The summed E-state index contributed by atoms with van der Waals surface area (Å²) in [5.74, 6) is -1.27. The Morgan fingerprint density at radius 2 is 1.81 bits per heavy atom. The Morgan fingerprint density at radius 3 is 2.38 bits per heavy atom. The summed E-state index contributed by atoms with van der Waals surface area (Å²) in [6, 6.07) is 7.19. The van der Waals surface area contributed by atoms with E-state index in [2.05, 4.69) is 0 Å². The summed E-state index contributed by atoms with van der Waals surface area (Å²) in [6.07, 6.45) is 0. The molecule has 0 fully saturated rings. The molecule has 0 atom stereocenters. The normalized spacial score (nSPS) is 11.4. The van der Waals surface area contributed by atoms with Gasteiger partial charge < -0.3 is 5.73 Å². The predicted octanol–water partition coefficient (Wildman–Crippen LogP) is 2.68. The second-order valence-corrected chi connectivity index (χ2v) is 6.54. The van der Waals surface area contributed by atoms with Crippen LogP contribution in [0.2, 0.25) is 0 Å². The molecule has 0 amide bonds. The quantitative estimate of drug-likeness (QED) is 0.886. The molecule has 21 heavy (non-hydrogen) atoms. The SMILES string of the molecule is Cc1c(N)cc(S(=O)(=O)N(C)c2cccc(F)c2)cc1F. The van der Waals surface area contributed by atoms with Gasteiger partial charge in [0.15, 0.2) is 0 Å². The van der Waals surface area contributed by atoms with Crippen LogP contribution in [0, 0.1) is 18.6 Å². The molecule has 2 N–H and O–H groups in total. The van der Waals surface area contributed by atoms with Crippen LogP contribution >= 0.6 is 0 Å². The van der Waals surface area contributed by atoms with Crippen LogP contribution in [0.1, 0.15) is 5.56 Å². The molecule has 2 aromatic rings. The molecule has 0 unspecified atom stereocenters. The second-order valence-electron chi connectivity index (χ2n) is 4.57. The molecular weight excluding hydrogens is 298 g/mol. The largest absolute Gasteiger partial charge is 0.398 e. The van der Waals surface area contributed by atoms with Crippen molar-refractivity contribution < 1.29 is 17.2 Å². The van der Waals surface area contributed by atoms with E-state index in [0.29, 0.717) is 0 Å². The zero-order chi connectivity index (χ0) is 15.8. The smallest absolute Gasteiger partial charge is 0.264 e. The number of halogens is 2. The van der Waals surface area contributed by atoms with Gasteiger partial charge in [-0.1, -0.05) is 6.07 Å². The van der Waals surface area contributed by atoms with Crippen molar-refractivity contribution in [2.24, 2.45) is 0 Å². The molecule has 0 saturated carbocycles. The Morgan fingerprint density at radius 1 is 1.14 bits per heavy atom. The van der Waals surface area contributed by atoms with E-state index >= 15 is 0 Å². The van der Waals surface area contributed by atoms with Crippen molar-refractivity contribution >= 4 is 21.4 Å². The van der Waals surface area contributed by atoms with Crippen molar-refractivity contribution in [3.8, 4) is 0 Å². The van der Waals surface area contributed by atoms with E-state index in [1.807, 2.05) is 0 Å². The van der Waals surface area contributed by atoms with E-state index in [1.54, 1.807) is 0 Å². The number of anilines is 2. The van der Waals surface area contributed by atoms with Crippen LogP contribution in [0.15, 0.2) is 41.3 Å². The number of hydrogen-bond donors (Lipinski definition) is 1. The molecule has 0 spiro atoms. The van der Waals surface area contributed by atoms with Gasteiger partial charge in [0.25, 0.3) is 10.0 Å². The molecule has 0 radical (unpaired) electrons. The van der Waals surface area contributed by atoms with Gasteiger partial charge in [-0.2, -0.15) is 0 Å². The number of nitrogen functional groups attached to an aromatic ring is 1. The first-order valence-electron chi connectivity index (χ1n) is 6.03. The van der Waals surface area contributed by atoms with Gasteiger partial charge in [0.05, 0.1) is 10.6 Å². The van der Waals surface area contributed by atoms with E-state index in [4.69, 9.17) is 5.73 Å². The predicted molar refractivity (Wildman–Crippen MR) is 77.5 cm³/mol. The average molecular weight is 312 g/mol. The first-order valence-corrected chi connectivity index (χ1v) is 7.47. The minimum atomic E-state index is -4.02. The topological polar surface area (TPSA) is 63.4 Å². The third-order valence-electron chi connectivity index (χ3n) is 3.19. The minimum Gasteiger partial charge on any atom is -0.398 e. The van der Waals surface area contributed by atoms with Gasteiger partial charge in [-0.05, 0) is 37.3 Å². The van der Waals surface area contributed by atoms with Crippen LogP contribution in [0.4, 0.5) is 20.2 Å². The van der Waals surface area contributed by atoms with Gasteiger partial charge in [0, 0.05) is 18.3 Å². The van der Waals surface area contributed by atoms with E-state index in [0.717, 1.165) is 16.4 Å². The highest BCUT2D eigenvalue weighted by molar-refractivity contribution is 7.92. The molecular formula is C14H14F2N2O2S. The maximum absolute atomic E-state index is 13.7. The van der Waals surface area contributed by atoms with Gasteiger partial charge in [-0.3, -0.25) is 4.31 Å². The molecule has 0 aliphatic heterocycles. The molecule has 2 rings (SSSR count). The summed E-state index contributed by atoms with van der Waals surface area (Å²) in [7, 11) is -2.76. The molecule has 2 aromatic carbocycles. The Labute approximate surface area is 121 Å². The first-order chi connectivity index (χ1) is 9.73. The van der Waals surface area contributed by atoms with Gasteiger partial charge >= 0.3 is 0 Å². The second kappa shape index (κ2) is 5.33. The average Bonchev–Trinajstić information content (AvgIpc) is 2.43. The summed E-state index contributed by atoms with van der Waals surface area (Å²) in [4.78, 5) is -0.283. The molecule has 7 heteroatoms. The van der Waals surface area contributed by atoms with Crippen LogP contribution in [0.3, 0.4) is 0 Å². The molecule has 112 valence electrons. The summed E-state index contributed by atoms with van der Waals surface area (Å²) in [5, 5.41) is 0. The van der Waals surface area contributed by atoms with E-state index in [9.17, 15) is 17.2 Å². The van der Waals surface area contributed by atoms with Crippen LogP contribution in [-0.4, -0.2) is 15.5 Å². The third-order valence-corrected chi connectivity index (χ3v) is 4.95. The summed E-state index contributed by atoms with van der Waals surface area (Å²) in [6.45, 7) is 1.46. The lowest BCUT2D eigenvalue weighted by Gasteiger charge is -2.20. The van der Waals surface area contributed by atoms with Crippen LogP contribution < -0.4 is 10.0 Å². The molecule has 4 nitrogen and oxygen atoms in total. The molecule has 0 aromatic heterocycles. The van der Waals surface area contributed by atoms with Gasteiger partial charge in [-0.25, -0.2) is 17.2 Å². The Hall–Kier alpha value is -2.15. The number of rotatable bonds is 3. The van der Waals surface area contributed by atoms with Crippen LogP contribution in [0.25, 0.3) is 0 Å². The number of nitrogens with zero attached hydrogens (tertiary/aromatic N) is 1. The monoisotopic (exact) mass is 312 g/mol. The van der Waals surface area contributed by atoms with E-state index in [1.165, 1.54) is 38.2 Å². The third kappa shape index (κ3) is 2.82. The Kier molecular flexibility index (Phi) is 3.87. The fourth-order valence-electron chi connectivity index (χ4n) is 1.79. The lowest BCUT2D eigenvalue weighted by molar-refractivity contribution is 0.587. The highest BCUT2D eigenvalue weighted by Crippen LogP contribution is 2.26. The Balaban J connectivity index is 2.52. The summed E-state index contributed by atoms with van der Waals surface area (Å²) in [5.41, 5.74) is 5.96. The lowest BCUT2D eigenvalue weighted by Crippen LogP contribution is -2.27.